The third-order valence-electron chi connectivity index (χ3n) is 2.59. The Labute approximate surface area is 124 Å². The normalized spacial score (nSPS) is 10.8. The summed E-state index contributed by atoms with van der Waals surface area (Å²) in [7, 11) is 1.57. The molecule has 0 atom stereocenters. The van der Waals surface area contributed by atoms with Crippen molar-refractivity contribution in [2.75, 3.05) is 7.11 Å². The second-order valence-corrected chi connectivity index (χ2v) is 4.83. The maximum atomic E-state index is 11.8. The largest absolute Gasteiger partial charge is 0.497 e. The molecule has 1 aromatic carbocycles. The molecule has 6 heteroatoms. The van der Waals surface area contributed by atoms with E-state index < -0.39 is 0 Å². The highest BCUT2D eigenvalue weighted by molar-refractivity contribution is 9.10. The van der Waals surface area contributed by atoms with Crippen molar-refractivity contribution in [3.05, 3.63) is 51.9 Å². The van der Waals surface area contributed by atoms with Gasteiger partial charge < -0.3 is 9.15 Å². The lowest BCUT2D eigenvalue weighted by Gasteiger charge is -2.01. The molecular weight excluding hydrogens is 324 g/mol. The molecule has 5 nitrogen and oxygen atoms in total. The highest BCUT2D eigenvalue weighted by Gasteiger charge is 2.05. The molecule has 2 aromatic rings. The van der Waals surface area contributed by atoms with Crippen molar-refractivity contribution < 1.29 is 13.9 Å². The molecule has 0 saturated heterocycles. The second-order valence-electron chi connectivity index (χ2n) is 3.98. The monoisotopic (exact) mass is 336 g/mol. The molecule has 1 amide bonds. The molecule has 1 aromatic heterocycles. The molecule has 2 rings (SSSR count). The summed E-state index contributed by atoms with van der Waals surface area (Å²) in [6.45, 7) is 1.83. The minimum Gasteiger partial charge on any atom is -0.497 e. The summed E-state index contributed by atoms with van der Waals surface area (Å²) in [5.41, 5.74) is 2.93. The summed E-state index contributed by atoms with van der Waals surface area (Å²) in [6, 6.07) is 8.53. The topological polar surface area (TPSA) is 63.8 Å². The van der Waals surface area contributed by atoms with Crippen LogP contribution in [0.3, 0.4) is 0 Å². The molecule has 104 valence electrons. The number of benzene rings is 1. The first-order valence-corrected chi connectivity index (χ1v) is 6.63. The van der Waals surface area contributed by atoms with Gasteiger partial charge in [0.25, 0.3) is 5.91 Å². The van der Waals surface area contributed by atoms with Crippen molar-refractivity contribution in [2.24, 2.45) is 5.10 Å². The first-order valence-electron chi connectivity index (χ1n) is 5.83. The zero-order chi connectivity index (χ0) is 14.5. The van der Waals surface area contributed by atoms with Crippen LogP contribution in [0.5, 0.6) is 5.75 Å². The molecule has 0 fully saturated rings. The molecule has 20 heavy (non-hydrogen) atoms. The van der Waals surface area contributed by atoms with Crippen molar-refractivity contribution in [3.8, 4) is 5.75 Å². The summed E-state index contributed by atoms with van der Waals surface area (Å²) < 4.78 is 11.3. The summed E-state index contributed by atoms with van der Waals surface area (Å²) >= 11 is 3.33. The number of halogens is 1. The summed E-state index contributed by atoms with van der Waals surface area (Å²) in [6.07, 6.45) is 1.44. The predicted octanol–water partition coefficient (Wildman–Crippen LogP) is 3.12. The molecule has 0 bridgehead atoms. The van der Waals surface area contributed by atoms with Crippen molar-refractivity contribution in [2.45, 2.75) is 6.92 Å². The van der Waals surface area contributed by atoms with Crippen LogP contribution in [0.15, 0.2) is 44.3 Å². The quantitative estimate of drug-likeness (QED) is 0.689. The van der Waals surface area contributed by atoms with E-state index in [4.69, 9.17) is 9.15 Å². The number of aryl methyl sites for hydroxylation is 1. The van der Waals surface area contributed by atoms with Gasteiger partial charge in [-0.2, -0.15) is 5.10 Å². The highest BCUT2D eigenvalue weighted by atomic mass is 79.9. The van der Waals surface area contributed by atoms with Crippen LogP contribution in [0.25, 0.3) is 0 Å². The lowest BCUT2D eigenvalue weighted by molar-refractivity contribution is 0.0955. The first-order chi connectivity index (χ1) is 9.60. The van der Waals surface area contributed by atoms with Gasteiger partial charge in [0, 0.05) is 11.6 Å². The Morgan fingerprint density at radius 3 is 2.65 bits per heavy atom. The lowest BCUT2D eigenvalue weighted by atomic mass is 10.2. The van der Waals surface area contributed by atoms with E-state index in [1.807, 2.05) is 6.92 Å². The Balaban J connectivity index is 1.97. The molecular formula is C14H13BrN2O3. The summed E-state index contributed by atoms with van der Waals surface area (Å²) in [4.78, 5) is 11.8. The summed E-state index contributed by atoms with van der Waals surface area (Å²) in [5.74, 6) is 1.71. The Hall–Kier alpha value is -2.08. The van der Waals surface area contributed by atoms with Gasteiger partial charge in [0.05, 0.1) is 17.8 Å². The fraction of sp³-hybridized carbons (Fsp3) is 0.143. The van der Waals surface area contributed by atoms with Gasteiger partial charge in [-0.15, -0.1) is 0 Å². The van der Waals surface area contributed by atoms with Crippen molar-refractivity contribution >= 4 is 28.1 Å². The predicted molar refractivity (Wildman–Crippen MR) is 79.2 cm³/mol. The number of hydrazone groups is 1. The zero-order valence-electron chi connectivity index (χ0n) is 11.0. The number of hydrogen-bond donors (Lipinski definition) is 1. The molecule has 0 unspecified atom stereocenters. The van der Waals surface area contributed by atoms with Gasteiger partial charge in [-0.25, -0.2) is 5.43 Å². The smallest absolute Gasteiger partial charge is 0.271 e. The number of carbonyl (C=O) groups excluding carboxylic acids is 1. The van der Waals surface area contributed by atoms with E-state index in [1.165, 1.54) is 6.21 Å². The Bertz CT molecular complexity index is 613. The van der Waals surface area contributed by atoms with Crippen molar-refractivity contribution in [1.29, 1.82) is 0 Å². The van der Waals surface area contributed by atoms with E-state index in [0.29, 0.717) is 17.1 Å². The molecule has 0 aliphatic heterocycles. The van der Waals surface area contributed by atoms with Crippen LogP contribution in [-0.4, -0.2) is 19.2 Å². The van der Waals surface area contributed by atoms with E-state index >= 15 is 0 Å². The molecule has 0 aliphatic carbocycles. The Kier molecular flexibility index (Phi) is 4.57. The zero-order valence-corrected chi connectivity index (χ0v) is 12.6. The van der Waals surface area contributed by atoms with Crippen molar-refractivity contribution in [1.82, 2.24) is 5.43 Å². The fourth-order valence-electron chi connectivity index (χ4n) is 1.51. The van der Waals surface area contributed by atoms with Gasteiger partial charge in [0.15, 0.2) is 0 Å². The van der Waals surface area contributed by atoms with Crippen molar-refractivity contribution in [3.63, 3.8) is 0 Å². The minimum atomic E-state index is -0.300. The number of carbonyl (C=O) groups is 1. The standard InChI is InChI=1S/C14H13BrN2O3/c1-9-13(15)7-12(20-9)8-16-17-14(18)10-3-5-11(19-2)6-4-10/h3-8H,1-2H3,(H,17,18)/b16-8+. The van der Waals surface area contributed by atoms with E-state index in [9.17, 15) is 4.79 Å². The molecule has 1 N–H and O–H groups in total. The van der Waals surface area contributed by atoms with Crippen LogP contribution in [0, 0.1) is 6.92 Å². The fourth-order valence-corrected chi connectivity index (χ4v) is 1.81. The van der Waals surface area contributed by atoms with Gasteiger partial charge in [-0.3, -0.25) is 4.79 Å². The number of nitrogens with zero attached hydrogens (tertiary/aromatic N) is 1. The molecule has 1 heterocycles. The summed E-state index contributed by atoms with van der Waals surface area (Å²) in [5, 5.41) is 3.84. The maximum Gasteiger partial charge on any atom is 0.271 e. The third-order valence-corrected chi connectivity index (χ3v) is 3.37. The average Bonchev–Trinajstić information content (AvgIpc) is 2.77. The first kappa shape index (κ1) is 14.3. The van der Waals surface area contributed by atoms with Gasteiger partial charge in [-0.05, 0) is 47.1 Å². The molecule has 0 spiro atoms. The number of hydrogen-bond acceptors (Lipinski definition) is 4. The Morgan fingerprint density at radius 1 is 1.40 bits per heavy atom. The maximum absolute atomic E-state index is 11.8. The van der Waals surface area contributed by atoms with Crippen LogP contribution in [-0.2, 0) is 0 Å². The SMILES string of the molecule is COc1ccc(C(=O)N/N=C/c2cc(Br)c(C)o2)cc1. The van der Waals surface area contributed by atoms with Crippen LogP contribution >= 0.6 is 15.9 Å². The van der Waals surface area contributed by atoms with E-state index in [1.54, 1.807) is 37.4 Å². The lowest BCUT2D eigenvalue weighted by Crippen LogP contribution is -2.17. The van der Waals surface area contributed by atoms with Crippen LogP contribution in [0.4, 0.5) is 0 Å². The highest BCUT2D eigenvalue weighted by Crippen LogP contribution is 2.19. The number of ether oxygens (including phenoxy) is 1. The molecule has 0 radical (unpaired) electrons. The van der Waals surface area contributed by atoms with Gasteiger partial charge in [-0.1, -0.05) is 0 Å². The number of furan rings is 1. The number of rotatable bonds is 4. The van der Waals surface area contributed by atoms with Crippen LogP contribution < -0.4 is 10.2 Å². The van der Waals surface area contributed by atoms with Crippen LogP contribution in [0.1, 0.15) is 21.9 Å². The third kappa shape index (κ3) is 3.48. The number of methoxy groups -OCH3 is 1. The average molecular weight is 337 g/mol. The van der Waals surface area contributed by atoms with E-state index in [2.05, 4.69) is 26.5 Å². The van der Waals surface area contributed by atoms with E-state index in [0.717, 1.165) is 10.2 Å². The van der Waals surface area contributed by atoms with Gasteiger partial charge in [0.2, 0.25) is 0 Å². The van der Waals surface area contributed by atoms with Crippen LogP contribution in [0.2, 0.25) is 0 Å². The molecule has 0 saturated carbocycles. The Morgan fingerprint density at radius 2 is 2.10 bits per heavy atom. The molecule has 0 aliphatic rings. The number of nitrogens with one attached hydrogen (secondary N) is 1. The van der Waals surface area contributed by atoms with E-state index in [-0.39, 0.29) is 5.91 Å². The number of amides is 1. The minimum absolute atomic E-state index is 0.300. The van der Waals surface area contributed by atoms with Gasteiger partial charge in [0.1, 0.15) is 17.3 Å². The second kappa shape index (κ2) is 6.38. The van der Waals surface area contributed by atoms with Gasteiger partial charge >= 0.3 is 0 Å².